The summed E-state index contributed by atoms with van der Waals surface area (Å²) in [6.07, 6.45) is 4.78. The van der Waals surface area contributed by atoms with Crippen molar-refractivity contribution in [2.24, 2.45) is 28.6 Å². The van der Waals surface area contributed by atoms with E-state index in [2.05, 4.69) is 55.4 Å². The second kappa shape index (κ2) is 9.39. The Balaban J connectivity index is 2.58. The quantitative estimate of drug-likeness (QED) is 0.454. The van der Waals surface area contributed by atoms with E-state index in [1.54, 1.807) is 0 Å². The van der Waals surface area contributed by atoms with Crippen molar-refractivity contribution < 1.29 is 14.2 Å². The van der Waals surface area contributed by atoms with Gasteiger partial charge in [0, 0.05) is 0 Å². The topological polar surface area (TPSA) is 27.7 Å². The van der Waals surface area contributed by atoms with E-state index in [1.807, 2.05) is 13.8 Å². The molecule has 3 nitrogen and oxygen atoms in total. The average Bonchev–Trinajstić information content (AvgIpc) is 2.74. The molecule has 26 heavy (non-hydrogen) atoms. The van der Waals surface area contributed by atoms with Gasteiger partial charge in [0.25, 0.3) is 0 Å². The fourth-order valence-corrected chi connectivity index (χ4v) is 4.28. The van der Waals surface area contributed by atoms with Crippen LogP contribution >= 0.6 is 0 Å². The lowest BCUT2D eigenvalue weighted by atomic mass is 9.76. The molecule has 1 fully saturated rings. The van der Waals surface area contributed by atoms with Crippen molar-refractivity contribution in [1.29, 1.82) is 0 Å². The average molecular weight is 371 g/mol. The first-order chi connectivity index (χ1) is 11.7. The molecule has 4 unspecified atom stereocenters. The van der Waals surface area contributed by atoms with Crippen LogP contribution in [-0.2, 0) is 14.2 Å². The first-order valence-electron chi connectivity index (χ1n) is 10.6. The summed E-state index contributed by atoms with van der Waals surface area (Å²) >= 11 is 0. The Morgan fingerprint density at radius 1 is 0.962 bits per heavy atom. The van der Waals surface area contributed by atoms with Crippen LogP contribution in [0.2, 0.25) is 0 Å². The molecule has 0 amide bonds. The predicted molar refractivity (Wildman–Crippen MR) is 110 cm³/mol. The SMILES string of the molecule is CC(CCC(COC1COC(C)(C)O1)C(C)CC(C)(C)C)CC(C)(C)C. The molecule has 0 aromatic heterocycles. The van der Waals surface area contributed by atoms with Crippen LogP contribution in [0.15, 0.2) is 0 Å². The molecule has 1 rings (SSSR count). The zero-order valence-electron chi connectivity index (χ0n) is 19.3. The second-order valence-corrected chi connectivity index (χ2v) is 11.5. The molecule has 0 spiro atoms. The molecule has 0 saturated carbocycles. The maximum Gasteiger partial charge on any atom is 0.184 e. The van der Waals surface area contributed by atoms with E-state index in [-0.39, 0.29) is 6.29 Å². The minimum Gasteiger partial charge on any atom is -0.350 e. The minimum atomic E-state index is -0.515. The lowest BCUT2D eigenvalue weighted by Crippen LogP contribution is -2.28. The van der Waals surface area contributed by atoms with Crippen LogP contribution in [-0.4, -0.2) is 25.3 Å². The summed E-state index contributed by atoms with van der Waals surface area (Å²) in [7, 11) is 0. The Morgan fingerprint density at radius 2 is 1.54 bits per heavy atom. The van der Waals surface area contributed by atoms with Crippen molar-refractivity contribution in [2.45, 2.75) is 107 Å². The van der Waals surface area contributed by atoms with Gasteiger partial charge in [-0.2, -0.15) is 0 Å². The molecule has 0 aromatic rings. The molecule has 0 aromatic carbocycles. The number of hydrogen-bond acceptors (Lipinski definition) is 3. The normalized spacial score (nSPS) is 24.5. The number of hydrogen-bond donors (Lipinski definition) is 0. The molecule has 0 radical (unpaired) electrons. The third-order valence-corrected chi connectivity index (χ3v) is 5.21. The molecule has 1 aliphatic rings. The van der Waals surface area contributed by atoms with Gasteiger partial charge in [-0.05, 0) is 61.7 Å². The summed E-state index contributed by atoms with van der Waals surface area (Å²) in [5, 5.41) is 0. The Labute approximate surface area is 163 Å². The van der Waals surface area contributed by atoms with Crippen molar-refractivity contribution in [2.75, 3.05) is 13.2 Å². The third-order valence-electron chi connectivity index (χ3n) is 5.21. The van der Waals surface area contributed by atoms with Crippen LogP contribution in [0.5, 0.6) is 0 Å². The first kappa shape index (κ1) is 23.9. The van der Waals surface area contributed by atoms with Gasteiger partial charge in [-0.1, -0.05) is 61.8 Å². The van der Waals surface area contributed by atoms with Gasteiger partial charge in [0.1, 0.15) is 6.61 Å². The minimum absolute atomic E-state index is 0.221. The van der Waals surface area contributed by atoms with E-state index < -0.39 is 5.79 Å². The summed E-state index contributed by atoms with van der Waals surface area (Å²) in [5.74, 6) is 1.46. The van der Waals surface area contributed by atoms with E-state index >= 15 is 0 Å². The van der Waals surface area contributed by atoms with Gasteiger partial charge in [-0.25, -0.2) is 0 Å². The Morgan fingerprint density at radius 3 is 2.00 bits per heavy atom. The fraction of sp³-hybridized carbons (Fsp3) is 1.00. The Kier molecular flexibility index (Phi) is 8.63. The lowest BCUT2D eigenvalue weighted by Gasteiger charge is -2.32. The highest BCUT2D eigenvalue weighted by atomic mass is 16.8. The summed E-state index contributed by atoms with van der Waals surface area (Å²) < 4.78 is 17.6. The largest absolute Gasteiger partial charge is 0.350 e. The monoisotopic (exact) mass is 370 g/mol. The molecule has 1 heterocycles. The Bertz CT molecular complexity index is 403. The standard InChI is InChI=1S/C23H46O3/c1-17(13-21(3,4)5)11-12-19(18(2)14-22(6,7)8)15-24-20-16-25-23(9,10)26-20/h17-20H,11-16H2,1-10H3. The maximum absolute atomic E-state index is 6.12. The van der Waals surface area contributed by atoms with Crippen LogP contribution in [0, 0.1) is 28.6 Å². The van der Waals surface area contributed by atoms with Crippen molar-refractivity contribution in [3.63, 3.8) is 0 Å². The van der Waals surface area contributed by atoms with E-state index in [1.165, 1.54) is 25.7 Å². The van der Waals surface area contributed by atoms with E-state index in [9.17, 15) is 0 Å². The van der Waals surface area contributed by atoms with Gasteiger partial charge in [-0.3, -0.25) is 0 Å². The zero-order valence-corrected chi connectivity index (χ0v) is 19.3. The van der Waals surface area contributed by atoms with Gasteiger partial charge in [-0.15, -0.1) is 0 Å². The predicted octanol–water partition coefficient (Wildman–Crippen LogP) is 6.65. The molecule has 0 N–H and O–H groups in total. The smallest absolute Gasteiger partial charge is 0.184 e. The van der Waals surface area contributed by atoms with Crippen LogP contribution < -0.4 is 0 Å². The van der Waals surface area contributed by atoms with Gasteiger partial charge in [0.2, 0.25) is 0 Å². The summed E-state index contributed by atoms with van der Waals surface area (Å²) in [6.45, 7) is 24.0. The molecular formula is C23H46O3. The first-order valence-corrected chi connectivity index (χ1v) is 10.6. The van der Waals surface area contributed by atoms with Crippen molar-refractivity contribution >= 4 is 0 Å². The molecule has 4 atom stereocenters. The van der Waals surface area contributed by atoms with Crippen LogP contribution in [0.1, 0.15) is 94.9 Å². The van der Waals surface area contributed by atoms with Crippen LogP contribution in [0.25, 0.3) is 0 Å². The molecule has 0 aliphatic carbocycles. The number of ether oxygens (including phenoxy) is 3. The highest BCUT2D eigenvalue weighted by Gasteiger charge is 2.34. The third kappa shape index (κ3) is 10.3. The summed E-state index contributed by atoms with van der Waals surface area (Å²) in [4.78, 5) is 0. The molecule has 3 heteroatoms. The van der Waals surface area contributed by atoms with Crippen molar-refractivity contribution in [3.8, 4) is 0 Å². The van der Waals surface area contributed by atoms with Crippen molar-refractivity contribution in [3.05, 3.63) is 0 Å². The molecule has 1 saturated heterocycles. The van der Waals surface area contributed by atoms with E-state index in [0.717, 1.165) is 12.5 Å². The molecular weight excluding hydrogens is 324 g/mol. The lowest BCUT2D eigenvalue weighted by molar-refractivity contribution is -0.195. The molecule has 156 valence electrons. The summed E-state index contributed by atoms with van der Waals surface area (Å²) in [6, 6.07) is 0. The van der Waals surface area contributed by atoms with Gasteiger partial charge >= 0.3 is 0 Å². The number of rotatable bonds is 9. The van der Waals surface area contributed by atoms with Crippen LogP contribution in [0.4, 0.5) is 0 Å². The Hall–Kier alpha value is -0.120. The highest BCUT2D eigenvalue weighted by molar-refractivity contribution is 4.76. The fourth-order valence-electron chi connectivity index (χ4n) is 4.28. The van der Waals surface area contributed by atoms with Gasteiger partial charge in [0.05, 0.1) is 6.61 Å². The highest BCUT2D eigenvalue weighted by Crippen LogP contribution is 2.34. The zero-order chi connectivity index (χ0) is 20.2. The summed E-state index contributed by atoms with van der Waals surface area (Å²) in [5.41, 5.74) is 0.757. The maximum atomic E-state index is 6.12. The molecule has 1 aliphatic heterocycles. The van der Waals surface area contributed by atoms with Gasteiger partial charge < -0.3 is 14.2 Å². The molecule has 0 bridgehead atoms. The van der Waals surface area contributed by atoms with Gasteiger partial charge in [0.15, 0.2) is 12.1 Å². The van der Waals surface area contributed by atoms with Crippen molar-refractivity contribution in [1.82, 2.24) is 0 Å². The van der Waals surface area contributed by atoms with Crippen LogP contribution in [0.3, 0.4) is 0 Å². The van der Waals surface area contributed by atoms with E-state index in [0.29, 0.717) is 29.3 Å². The second-order valence-electron chi connectivity index (χ2n) is 11.5. The van der Waals surface area contributed by atoms with E-state index in [4.69, 9.17) is 14.2 Å².